The van der Waals surface area contributed by atoms with Crippen molar-refractivity contribution in [2.24, 2.45) is 0 Å². The number of imide groups is 1. The standard InChI is InChI=1S/C43H42F4N6O8S3/c44-34-18-26(17-28-22-53(42(57)39(28)34)36-13-14-38(54)49-41(36)56)21-52-30-19-31(52)24-51(23-30)16-15-29(25-62-32-9-5-2-6-10-32)48-35-12-11-33(20-37(35)63(58,59)43(45,46)47)64(60,61)50-40(55)27-7-3-1-4-8-27/h1-12,17-18,20,29-31,36,48H,13-16,19,21-25H2,(H,50,55)(H,49,54,56)/t29-,30?,31?,36?/m1/s1. The Morgan fingerprint density at radius 1 is 0.906 bits per heavy atom. The van der Waals surface area contributed by atoms with Gasteiger partial charge in [0.15, 0.2) is 0 Å². The maximum absolute atomic E-state index is 15.5. The topological polar surface area (TPSA) is 182 Å². The van der Waals surface area contributed by atoms with Crippen LogP contribution < -0.4 is 15.4 Å². The summed E-state index contributed by atoms with van der Waals surface area (Å²) in [5.74, 6) is -3.03. The van der Waals surface area contributed by atoms with E-state index in [0.29, 0.717) is 55.5 Å². The minimum atomic E-state index is -6.11. The molecule has 4 amide bonds. The molecule has 4 atom stereocenters. The van der Waals surface area contributed by atoms with E-state index in [0.717, 1.165) is 23.4 Å². The van der Waals surface area contributed by atoms with Crippen LogP contribution in [0.1, 0.15) is 57.5 Å². The number of carbonyl (C=O) groups excluding carboxylic acids is 4. The lowest BCUT2D eigenvalue weighted by Crippen LogP contribution is -2.68. The van der Waals surface area contributed by atoms with Gasteiger partial charge >= 0.3 is 5.51 Å². The summed E-state index contributed by atoms with van der Waals surface area (Å²) in [6.07, 6.45) is 1.48. The van der Waals surface area contributed by atoms with Crippen LogP contribution in [-0.2, 0) is 42.5 Å². The van der Waals surface area contributed by atoms with Gasteiger partial charge < -0.3 is 15.1 Å². The number of thioether (sulfide) groups is 1. The first kappa shape index (κ1) is 45.2. The number of sulfone groups is 1. The lowest BCUT2D eigenvalue weighted by atomic mass is 9.86. The van der Waals surface area contributed by atoms with Gasteiger partial charge in [0, 0.05) is 73.5 Å². The Bertz CT molecular complexity index is 2700. The van der Waals surface area contributed by atoms with E-state index in [1.165, 1.54) is 47.0 Å². The van der Waals surface area contributed by atoms with Crippen molar-refractivity contribution in [3.05, 3.63) is 119 Å². The molecule has 3 N–H and O–H groups in total. The molecule has 3 unspecified atom stereocenters. The van der Waals surface area contributed by atoms with Crippen molar-refractivity contribution in [2.45, 2.75) is 83.1 Å². The second-order valence-corrected chi connectivity index (χ2v) is 20.8. The molecule has 338 valence electrons. The first-order valence-corrected chi connectivity index (χ1v) is 24.3. The number of sulfonamides is 1. The zero-order valence-corrected chi connectivity index (χ0v) is 36.3. The van der Waals surface area contributed by atoms with Crippen LogP contribution in [0, 0.1) is 5.82 Å². The number of anilines is 1. The number of hydrogen-bond donors (Lipinski definition) is 3. The quantitative estimate of drug-likeness (QED) is 0.0833. The molecule has 4 fully saturated rings. The number of alkyl halides is 3. The molecule has 0 saturated carbocycles. The Morgan fingerprint density at radius 3 is 2.27 bits per heavy atom. The highest BCUT2D eigenvalue weighted by Gasteiger charge is 2.49. The fraction of sp³-hybridized carbons (Fsp3) is 0.349. The number of carbonyl (C=O) groups is 4. The van der Waals surface area contributed by atoms with Crippen LogP contribution in [0.15, 0.2) is 106 Å². The van der Waals surface area contributed by atoms with Crippen LogP contribution in [0.3, 0.4) is 0 Å². The number of amides is 4. The fourth-order valence-corrected chi connectivity index (χ4v) is 11.7. The predicted molar refractivity (Wildman–Crippen MR) is 227 cm³/mol. The number of benzene rings is 4. The second-order valence-electron chi connectivity index (χ2n) is 16.1. The van der Waals surface area contributed by atoms with Crippen molar-refractivity contribution < 1.29 is 53.6 Å². The zero-order chi connectivity index (χ0) is 45.6. The lowest BCUT2D eigenvalue weighted by Gasteiger charge is -2.56. The molecule has 64 heavy (non-hydrogen) atoms. The van der Waals surface area contributed by atoms with E-state index in [2.05, 4.69) is 20.4 Å². The molecule has 5 heterocycles. The molecule has 5 aliphatic heterocycles. The molecular weight excluding hydrogens is 901 g/mol. The van der Waals surface area contributed by atoms with Crippen LogP contribution >= 0.6 is 11.8 Å². The highest BCUT2D eigenvalue weighted by Crippen LogP contribution is 2.38. The molecule has 4 aromatic rings. The van der Waals surface area contributed by atoms with Gasteiger partial charge in [0.2, 0.25) is 11.8 Å². The number of fused-ring (bicyclic) bond motifs is 3. The summed E-state index contributed by atoms with van der Waals surface area (Å²) in [6.45, 7) is 2.18. The normalized spacial score (nSPS) is 20.9. The smallest absolute Gasteiger partial charge is 0.380 e. The van der Waals surface area contributed by atoms with Gasteiger partial charge in [0.1, 0.15) is 16.8 Å². The predicted octanol–water partition coefficient (Wildman–Crippen LogP) is 4.92. The third-order valence-electron chi connectivity index (χ3n) is 11.9. The van der Waals surface area contributed by atoms with Gasteiger partial charge in [-0.15, -0.1) is 11.8 Å². The lowest BCUT2D eigenvalue weighted by molar-refractivity contribution is -0.136. The highest BCUT2D eigenvalue weighted by atomic mass is 32.2. The minimum absolute atomic E-state index is 0.0419. The fourth-order valence-electron chi connectivity index (χ4n) is 8.67. The van der Waals surface area contributed by atoms with Crippen molar-refractivity contribution in [2.75, 3.05) is 30.7 Å². The van der Waals surface area contributed by atoms with Gasteiger partial charge in [-0.25, -0.2) is 25.9 Å². The maximum atomic E-state index is 15.5. The zero-order valence-electron chi connectivity index (χ0n) is 33.9. The molecule has 9 rings (SSSR count). The van der Waals surface area contributed by atoms with Crippen LogP contribution in [0.5, 0.6) is 0 Å². The second kappa shape index (κ2) is 17.9. The number of nitrogens with zero attached hydrogens (tertiary/aromatic N) is 3. The molecule has 4 aromatic carbocycles. The van der Waals surface area contributed by atoms with Crippen molar-refractivity contribution in [3.8, 4) is 0 Å². The monoisotopic (exact) mass is 942 g/mol. The van der Waals surface area contributed by atoms with E-state index in [9.17, 15) is 49.2 Å². The Kier molecular flexibility index (Phi) is 12.7. The van der Waals surface area contributed by atoms with E-state index >= 15 is 4.39 Å². The summed E-state index contributed by atoms with van der Waals surface area (Å²) in [5, 5.41) is 5.23. The summed E-state index contributed by atoms with van der Waals surface area (Å²) in [7, 11) is -10.9. The number of halogens is 4. The van der Waals surface area contributed by atoms with E-state index < -0.39 is 82.4 Å². The third kappa shape index (κ3) is 9.40. The Morgan fingerprint density at radius 2 is 1.59 bits per heavy atom. The van der Waals surface area contributed by atoms with Crippen molar-refractivity contribution >= 4 is 60.9 Å². The third-order valence-corrected chi connectivity index (χ3v) is 15.9. The van der Waals surface area contributed by atoms with Crippen LogP contribution in [-0.4, -0.2) is 110 Å². The van der Waals surface area contributed by atoms with Gasteiger partial charge in [-0.2, -0.15) is 13.2 Å². The Hall–Kier alpha value is -5.35. The molecule has 5 aliphatic rings. The molecule has 2 bridgehead atoms. The van der Waals surface area contributed by atoms with E-state index in [4.69, 9.17) is 0 Å². The molecule has 0 spiro atoms. The van der Waals surface area contributed by atoms with Gasteiger partial charge in [-0.3, -0.25) is 29.4 Å². The molecule has 0 radical (unpaired) electrons. The van der Waals surface area contributed by atoms with Gasteiger partial charge in [-0.1, -0.05) is 42.5 Å². The summed E-state index contributed by atoms with van der Waals surface area (Å²) >= 11 is 1.40. The molecule has 21 heteroatoms. The minimum Gasteiger partial charge on any atom is -0.380 e. The Labute approximate surface area is 370 Å². The van der Waals surface area contributed by atoms with E-state index in [-0.39, 0.29) is 42.6 Å². The molecule has 4 saturated heterocycles. The largest absolute Gasteiger partial charge is 0.501 e. The molecule has 14 nitrogen and oxygen atoms in total. The van der Waals surface area contributed by atoms with E-state index in [1.54, 1.807) is 16.9 Å². The Balaban J connectivity index is 0.956. The van der Waals surface area contributed by atoms with Crippen molar-refractivity contribution in [3.63, 3.8) is 0 Å². The number of nitrogens with one attached hydrogen (secondary N) is 3. The van der Waals surface area contributed by atoms with Crippen LogP contribution in [0.2, 0.25) is 0 Å². The number of hydrogen-bond acceptors (Lipinski definition) is 12. The van der Waals surface area contributed by atoms with Crippen LogP contribution in [0.25, 0.3) is 0 Å². The summed E-state index contributed by atoms with van der Waals surface area (Å²) in [6, 6.07) is 20.6. The molecule has 0 aliphatic carbocycles. The number of piperidine rings is 2. The van der Waals surface area contributed by atoms with Crippen molar-refractivity contribution in [1.29, 1.82) is 0 Å². The van der Waals surface area contributed by atoms with E-state index in [1.807, 2.05) is 30.3 Å². The van der Waals surface area contributed by atoms with Gasteiger partial charge in [0.25, 0.3) is 31.7 Å². The molecular formula is C43H42F4N6O8S3. The summed E-state index contributed by atoms with van der Waals surface area (Å²) in [5.41, 5.74) is -5.22. The summed E-state index contributed by atoms with van der Waals surface area (Å²) in [4.78, 5) is 54.5. The van der Waals surface area contributed by atoms with Crippen LogP contribution in [0.4, 0.5) is 23.2 Å². The van der Waals surface area contributed by atoms with Crippen molar-refractivity contribution in [1.82, 2.24) is 24.7 Å². The summed E-state index contributed by atoms with van der Waals surface area (Å²) < 4.78 is 112. The average molecular weight is 943 g/mol. The number of piperazine rings is 1. The van der Waals surface area contributed by atoms with Gasteiger partial charge in [0.05, 0.1) is 16.1 Å². The SMILES string of the molecule is O=C1CCC(N2Cc3cc(CN4C5CC4CN(CC[C@H](CSc4ccccc4)Nc4ccc(S(=O)(=O)NC(=O)c6ccccc6)cc4S(=O)(=O)C(F)(F)F)C5)cc(F)c3C2=O)C(=O)N1. The first-order chi connectivity index (χ1) is 30.4. The average Bonchev–Trinajstić information content (AvgIpc) is 3.59. The van der Waals surface area contributed by atoms with Gasteiger partial charge in [-0.05, 0) is 78.9 Å². The number of rotatable bonds is 15. The maximum Gasteiger partial charge on any atom is 0.501 e. The highest BCUT2D eigenvalue weighted by molar-refractivity contribution is 7.99. The molecule has 0 aromatic heterocycles. The first-order valence-electron chi connectivity index (χ1n) is 20.3.